The summed E-state index contributed by atoms with van der Waals surface area (Å²) in [5.74, 6) is 0.610. The Labute approximate surface area is 104 Å². The molecule has 88 valence electrons. The van der Waals surface area contributed by atoms with Crippen LogP contribution in [0, 0.1) is 0 Å². The zero-order chi connectivity index (χ0) is 12.5. The maximum absolute atomic E-state index is 5.71. The van der Waals surface area contributed by atoms with Crippen molar-refractivity contribution in [2.24, 2.45) is 0 Å². The lowest BCUT2D eigenvalue weighted by Gasteiger charge is -2.06. The van der Waals surface area contributed by atoms with Crippen molar-refractivity contribution in [3.63, 3.8) is 0 Å². The quantitative estimate of drug-likeness (QED) is 0.674. The maximum Gasteiger partial charge on any atom is 0.222 e. The molecule has 0 aliphatic carbocycles. The molecule has 0 fully saturated rings. The molecule has 0 aliphatic heterocycles. The highest BCUT2D eigenvalue weighted by Crippen LogP contribution is 2.26. The van der Waals surface area contributed by atoms with Gasteiger partial charge in [0.1, 0.15) is 5.82 Å². The lowest BCUT2D eigenvalue weighted by molar-refractivity contribution is 1.20. The van der Waals surface area contributed by atoms with E-state index in [4.69, 9.17) is 11.5 Å². The summed E-state index contributed by atoms with van der Waals surface area (Å²) in [5.41, 5.74) is 13.6. The Kier molecular flexibility index (Phi) is 2.30. The molecule has 1 aromatic carbocycles. The number of fused-ring (bicyclic) bond motifs is 1. The van der Waals surface area contributed by atoms with Crippen molar-refractivity contribution in [3.05, 3.63) is 42.5 Å². The van der Waals surface area contributed by atoms with Crippen LogP contribution in [0.15, 0.2) is 42.5 Å². The van der Waals surface area contributed by atoms with Gasteiger partial charge in [-0.2, -0.15) is 4.98 Å². The van der Waals surface area contributed by atoms with E-state index in [1.165, 1.54) is 0 Å². The SMILES string of the molecule is Nc1ccc2c(-c3ccccc3)nc(N)nc2n1. The van der Waals surface area contributed by atoms with Crippen LogP contribution >= 0.6 is 0 Å². The molecule has 2 aromatic heterocycles. The molecule has 4 N–H and O–H groups in total. The number of nitrogens with zero attached hydrogens (tertiary/aromatic N) is 3. The second kappa shape index (κ2) is 3.96. The molecule has 0 atom stereocenters. The number of hydrogen-bond acceptors (Lipinski definition) is 5. The number of hydrogen-bond donors (Lipinski definition) is 2. The minimum Gasteiger partial charge on any atom is -0.384 e. The van der Waals surface area contributed by atoms with Crippen LogP contribution in [0.3, 0.4) is 0 Å². The van der Waals surface area contributed by atoms with Crippen molar-refractivity contribution in [3.8, 4) is 11.3 Å². The molecular weight excluding hydrogens is 226 g/mol. The van der Waals surface area contributed by atoms with E-state index < -0.39 is 0 Å². The molecule has 0 saturated carbocycles. The topological polar surface area (TPSA) is 90.7 Å². The van der Waals surface area contributed by atoms with Gasteiger partial charge < -0.3 is 11.5 Å². The molecule has 5 heteroatoms. The molecule has 5 nitrogen and oxygen atoms in total. The number of nitrogen functional groups attached to an aromatic ring is 2. The summed E-state index contributed by atoms with van der Waals surface area (Å²) in [6.07, 6.45) is 0. The van der Waals surface area contributed by atoms with Crippen LogP contribution in [0.4, 0.5) is 11.8 Å². The molecule has 3 aromatic rings. The first-order valence-electron chi connectivity index (χ1n) is 5.49. The van der Waals surface area contributed by atoms with E-state index in [2.05, 4.69) is 15.0 Å². The van der Waals surface area contributed by atoms with E-state index in [1.807, 2.05) is 36.4 Å². The minimum absolute atomic E-state index is 0.194. The highest BCUT2D eigenvalue weighted by molar-refractivity contribution is 5.91. The zero-order valence-electron chi connectivity index (χ0n) is 9.54. The van der Waals surface area contributed by atoms with Crippen LogP contribution in [0.1, 0.15) is 0 Å². The Morgan fingerprint density at radius 3 is 2.33 bits per heavy atom. The smallest absolute Gasteiger partial charge is 0.222 e. The fourth-order valence-electron chi connectivity index (χ4n) is 1.86. The third kappa shape index (κ3) is 1.71. The van der Waals surface area contributed by atoms with Crippen LogP contribution in [0.25, 0.3) is 22.3 Å². The number of anilines is 2. The van der Waals surface area contributed by atoms with Crippen molar-refractivity contribution in [2.45, 2.75) is 0 Å². The molecule has 0 bridgehead atoms. The average molecular weight is 237 g/mol. The predicted molar refractivity (Wildman–Crippen MR) is 71.6 cm³/mol. The number of aromatic nitrogens is 3. The summed E-state index contributed by atoms with van der Waals surface area (Å²) in [4.78, 5) is 12.6. The van der Waals surface area contributed by atoms with Crippen LogP contribution in [0.2, 0.25) is 0 Å². The summed E-state index contributed by atoms with van der Waals surface area (Å²) in [5, 5.41) is 0.838. The number of benzene rings is 1. The highest BCUT2D eigenvalue weighted by atomic mass is 15.0. The van der Waals surface area contributed by atoms with Gasteiger partial charge in [0.2, 0.25) is 5.95 Å². The van der Waals surface area contributed by atoms with Gasteiger partial charge in [0.25, 0.3) is 0 Å². The van der Waals surface area contributed by atoms with Crippen molar-refractivity contribution >= 4 is 22.8 Å². The molecular formula is C13H11N5. The van der Waals surface area contributed by atoms with Crippen molar-refractivity contribution in [1.29, 1.82) is 0 Å². The lowest BCUT2D eigenvalue weighted by Crippen LogP contribution is -2.00. The molecule has 0 saturated heterocycles. The maximum atomic E-state index is 5.71. The van der Waals surface area contributed by atoms with Crippen LogP contribution in [0.5, 0.6) is 0 Å². The van der Waals surface area contributed by atoms with E-state index in [0.717, 1.165) is 16.6 Å². The molecule has 0 radical (unpaired) electrons. The van der Waals surface area contributed by atoms with Crippen molar-refractivity contribution < 1.29 is 0 Å². The molecule has 0 spiro atoms. The summed E-state index contributed by atoms with van der Waals surface area (Å²) in [6.45, 7) is 0. The normalized spacial score (nSPS) is 10.7. The minimum atomic E-state index is 0.194. The van der Waals surface area contributed by atoms with Crippen LogP contribution in [-0.4, -0.2) is 15.0 Å². The van der Waals surface area contributed by atoms with Gasteiger partial charge in [-0.25, -0.2) is 9.97 Å². The largest absolute Gasteiger partial charge is 0.384 e. The zero-order valence-corrected chi connectivity index (χ0v) is 9.54. The first-order valence-corrected chi connectivity index (χ1v) is 5.49. The molecule has 0 unspecified atom stereocenters. The molecule has 3 rings (SSSR count). The Bertz CT molecular complexity index is 704. The van der Waals surface area contributed by atoms with Gasteiger partial charge >= 0.3 is 0 Å². The van der Waals surface area contributed by atoms with Gasteiger partial charge in [0.05, 0.1) is 5.69 Å². The Hall–Kier alpha value is -2.69. The van der Waals surface area contributed by atoms with Crippen molar-refractivity contribution in [1.82, 2.24) is 15.0 Å². The van der Waals surface area contributed by atoms with E-state index in [1.54, 1.807) is 6.07 Å². The van der Waals surface area contributed by atoms with E-state index in [0.29, 0.717) is 11.5 Å². The standard InChI is InChI=1S/C13H11N5/c14-10-7-6-9-11(8-4-2-1-3-5-8)17-13(15)18-12(9)16-10/h1-7H,(H4,14,15,16,17,18). The number of rotatable bonds is 1. The summed E-state index contributed by atoms with van der Waals surface area (Å²) in [6, 6.07) is 13.4. The summed E-state index contributed by atoms with van der Waals surface area (Å²) in [7, 11) is 0. The summed E-state index contributed by atoms with van der Waals surface area (Å²) >= 11 is 0. The second-order valence-electron chi connectivity index (χ2n) is 3.90. The third-order valence-corrected chi connectivity index (χ3v) is 2.65. The lowest BCUT2D eigenvalue weighted by atomic mass is 10.1. The third-order valence-electron chi connectivity index (χ3n) is 2.65. The molecule has 18 heavy (non-hydrogen) atoms. The van der Waals surface area contributed by atoms with Crippen molar-refractivity contribution in [2.75, 3.05) is 11.5 Å². The molecule has 2 heterocycles. The average Bonchev–Trinajstić information content (AvgIpc) is 2.38. The van der Waals surface area contributed by atoms with Crippen LogP contribution < -0.4 is 11.5 Å². The number of nitrogens with two attached hydrogens (primary N) is 2. The Balaban J connectivity index is 2.35. The number of pyridine rings is 1. The Morgan fingerprint density at radius 1 is 0.778 bits per heavy atom. The van der Waals surface area contributed by atoms with Gasteiger partial charge in [-0.3, -0.25) is 0 Å². The molecule has 0 amide bonds. The second-order valence-corrected chi connectivity index (χ2v) is 3.90. The van der Waals surface area contributed by atoms with Gasteiger partial charge in [-0.15, -0.1) is 0 Å². The fraction of sp³-hybridized carbons (Fsp3) is 0. The van der Waals surface area contributed by atoms with Gasteiger partial charge in [-0.1, -0.05) is 30.3 Å². The van der Waals surface area contributed by atoms with Crippen LogP contribution in [-0.2, 0) is 0 Å². The molecule has 0 aliphatic rings. The fourth-order valence-corrected chi connectivity index (χ4v) is 1.86. The Morgan fingerprint density at radius 2 is 1.56 bits per heavy atom. The monoisotopic (exact) mass is 237 g/mol. The van der Waals surface area contributed by atoms with E-state index >= 15 is 0 Å². The van der Waals surface area contributed by atoms with E-state index in [9.17, 15) is 0 Å². The first kappa shape index (κ1) is 10.5. The van der Waals surface area contributed by atoms with E-state index in [-0.39, 0.29) is 5.95 Å². The first-order chi connectivity index (χ1) is 8.74. The predicted octanol–water partition coefficient (Wildman–Crippen LogP) is 1.86. The van der Waals surface area contributed by atoms with Gasteiger partial charge in [0, 0.05) is 10.9 Å². The summed E-state index contributed by atoms with van der Waals surface area (Å²) < 4.78 is 0. The van der Waals surface area contributed by atoms with Gasteiger partial charge in [0.15, 0.2) is 5.65 Å². The van der Waals surface area contributed by atoms with Gasteiger partial charge in [-0.05, 0) is 12.1 Å². The highest BCUT2D eigenvalue weighted by Gasteiger charge is 2.09.